The van der Waals surface area contributed by atoms with Crippen molar-refractivity contribution < 1.29 is 0 Å². The van der Waals surface area contributed by atoms with Crippen molar-refractivity contribution in [3.8, 4) is 33.6 Å². The van der Waals surface area contributed by atoms with Gasteiger partial charge in [-0.25, -0.2) is 4.98 Å². The van der Waals surface area contributed by atoms with Crippen molar-refractivity contribution in [2.24, 2.45) is 0 Å². The molecule has 0 aliphatic rings. The van der Waals surface area contributed by atoms with Gasteiger partial charge in [0.25, 0.3) is 0 Å². The number of aromatic nitrogens is 2. The van der Waals surface area contributed by atoms with Crippen molar-refractivity contribution in [1.29, 1.82) is 0 Å². The highest BCUT2D eigenvalue weighted by Gasteiger charge is 2.17. The van der Waals surface area contributed by atoms with Crippen molar-refractivity contribution in [3.05, 3.63) is 164 Å². The van der Waals surface area contributed by atoms with E-state index in [-0.39, 0.29) is 0 Å². The first-order chi connectivity index (χ1) is 25.2. The summed E-state index contributed by atoms with van der Waals surface area (Å²) >= 11 is 0. The van der Waals surface area contributed by atoms with E-state index in [4.69, 9.17) is 4.98 Å². The third kappa shape index (κ3) is 4.14. The first-order valence-electron chi connectivity index (χ1n) is 17.8. The first-order valence-corrected chi connectivity index (χ1v) is 17.8. The van der Waals surface area contributed by atoms with Crippen LogP contribution in [0.2, 0.25) is 0 Å². The number of fused-ring (bicyclic) bond motifs is 3. The van der Waals surface area contributed by atoms with Crippen LogP contribution in [0, 0.1) is 0 Å². The number of imidazole rings is 1. The second-order valence-corrected chi connectivity index (χ2v) is 13.8. The number of aryl methyl sites for hydroxylation is 1. The van der Waals surface area contributed by atoms with Crippen LogP contribution in [-0.2, 0) is 6.54 Å². The van der Waals surface area contributed by atoms with Gasteiger partial charge < -0.3 is 4.57 Å². The Kier molecular flexibility index (Phi) is 5.97. The maximum atomic E-state index is 5.14. The molecule has 51 heavy (non-hydrogen) atoms. The monoisotopic (exact) mass is 648 g/mol. The summed E-state index contributed by atoms with van der Waals surface area (Å²) in [6, 6.07) is 60.6. The number of hydrogen-bond donors (Lipinski definition) is 0. The van der Waals surface area contributed by atoms with E-state index in [1.807, 2.05) is 0 Å². The van der Waals surface area contributed by atoms with E-state index in [1.54, 1.807) is 0 Å². The minimum Gasteiger partial charge on any atom is -0.324 e. The summed E-state index contributed by atoms with van der Waals surface area (Å²) in [6.45, 7) is 3.05. The SMILES string of the molecule is CCn1c(-c2ccccc2)nc2cc(-c3cccc(-c4cc5ccc6cccc7c8cccc9ccc%10cccc(c(c4)c5c67)c%10c98)c3)ccc21. The van der Waals surface area contributed by atoms with Crippen LogP contribution in [0.5, 0.6) is 0 Å². The number of nitrogens with zero attached hydrogens (tertiary/aromatic N) is 2. The molecule has 0 aliphatic carbocycles. The minimum absolute atomic E-state index is 0.866. The van der Waals surface area contributed by atoms with E-state index in [0.717, 1.165) is 29.0 Å². The molecule has 0 atom stereocenters. The van der Waals surface area contributed by atoms with Crippen molar-refractivity contribution in [2.45, 2.75) is 13.5 Å². The number of hydrogen-bond acceptors (Lipinski definition) is 1. The molecule has 238 valence electrons. The summed E-state index contributed by atoms with van der Waals surface area (Å²) in [7, 11) is 0. The molecule has 11 aromatic rings. The molecule has 2 heteroatoms. The maximum absolute atomic E-state index is 5.14. The predicted octanol–water partition coefficient (Wildman–Crippen LogP) is 13.4. The molecule has 0 N–H and O–H groups in total. The molecule has 0 spiro atoms. The zero-order chi connectivity index (χ0) is 33.6. The third-order valence-corrected chi connectivity index (χ3v) is 11.0. The Bertz CT molecular complexity index is 3160. The van der Waals surface area contributed by atoms with Crippen LogP contribution < -0.4 is 0 Å². The molecule has 1 heterocycles. The molecular weight excluding hydrogens is 617 g/mol. The largest absolute Gasteiger partial charge is 0.324 e. The molecule has 0 amide bonds. The topological polar surface area (TPSA) is 17.8 Å². The van der Waals surface area contributed by atoms with E-state index >= 15 is 0 Å². The Hall–Kier alpha value is -6.51. The van der Waals surface area contributed by atoms with Gasteiger partial charge in [0.05, 0.1) is 11.0 Å². The average Bonchev–Trinajstić information content (AvgIpc) is 3.57. The lowest BCUT2D eigenvalue weighted by atomic mass is 9.86. The lowest BCUT2D eigenvalue weighted by Gasteiger charge is -2.17. The van der Waals surface area contributed by atoms with Crippen LogP contribution in [0.25, 0.3) is 109 Å². The average molecular weight is 649 g/mol. The van der Waals surface area contributed by atoms with E-state index in [9.17, 15) is 0 Å². The molecule has 0 unspecified atom stereocenters. The predicted molar refractivity (Wildman–Crippen MR) is 218 cm³/mol. The van der Waals surface area contributed by atoms with Crippen LogP contribution in [0.4, 0.5) is 0 Å². The Morgan fingerprint density at radius 1 is 0.392 bits per heavy atom. The van der Waals surface area contributed by atoms with Crippen LogP contribution in [0.15, 0.2) is 164 Å². The van der Waals surface area contributed by atoms with E-state index in [2.05, 4.69) is 175 Å². The van der Waals surface area contributed by atoms with E-state index in [1.165, 1.54) is 86.9 Å². The van der Waals surface area contributed by atoms with Gasteiger partial charge in [0, 0.05) is 12.1 Å². The minimum atomic E-state index is 0.866. The Morgan fingerprint density at radius 2 is 0.922 bits per heavy atom. The molecule has 11 rings (SSSR count). The fourth-order valence-corrected chi connectivity index (χ4v) is 8.77. The zero-order valence-corrected chi connectivity index (χ0v) is 28.2. The van der Waals surface area contributed by atoms with Gasteiger partial charge in [-0.15, -0.1) is 0 Å². The lowest BCUT2D eigenvalue weighted by molar-refractivity contribution is 0.796. The van der Waals surface area contributed by atoms with Crippen LogP contribution in [0.3, 0.4) is 0 Å². The van der Waals surface area contributed by atoms with Gasteiger partial charge in [0.15, 0.2) is 0 Å². The van der Waals surface area contributed by atoms with Gasteiger partial charge in [-0.1, -0.05) is 133 Å². The number of rotatable bonds is 4. The summed E-state index contributed by atoms with van der Waals surface area (Å²) in [5, 5.41) is 15.6. The van der Waals surface area contributed by atoms with Gasteiger partial charge >= 0.3 is 0 Å². The fraction of sp³-hybridized carbons (Fsp3) is 0.0408. The van der Waals surface area contributed by atoms with Crippen molar-refractivity contribution >= 4 is 75.7 Å². The van der Waals surface area contributed by atoms with Gasteiger partial charge in [0.2, 0.25) is 0 Å². The molecule has 0 saturated heterocycles. The highest BCUT2D eigenvalue weighted by Crippen LogP contribution is 2.44. The Labute approximate surface area is 295 Å². The van der Waals surface area contributed by atoms with Gasteiger partial charge in [-0.2, -0.15) is 0 Å². The summed E-state index contributed by atoms with van der Waals surface area (Å²) in [4.78, 5) is 5.14. The summed E-state index contributed by atoms with van der Waals surface area (Å²) in [5.74, 6) is 1.01. The summed E-state index contributed by atoms with van der Waals surface area (Å²) in [6.07, 6.45) is 0. The van der Waals surface area contributed by atoms with Crippen LogP contribution in [-0.4, -0.2) is 9.55 Å². The van der Waals surface area contributed by atoms with Crippen molar-refractivity contribution in [1.82, 2.24) is 9.55 Å². The van der Waals surface area contributed by atoms with Crippen LogP contribution >= 0.6 is 0 Å². The molecule has 1 aromatic heterocycles. The van der Waals surface area contributed by atoms with Gasteiger partial charge in [-0.3, -0.25) is 0 Å². The maximum Gasteiger partial charge on any atom is 0.141 e. The molecular formula is C49H32N2. The molecule has 0 fully saturated rings. The van der Waals surface area contributed by atoms with Gasteiger partial charge in [0.1, 0.15) is 5.82 Å². The Morgan fingerprint density at radius 3 is 1.57 bits per heavy atom. The highest BCUT2D eigenvalue weighted by atomic mass is 15.1. The third-order valence-electron chi connectivity index (χ3n) is 11.0. The van der Waals surface area contributed by atoms with Crippen molar-refractivity contribution in [3.63, 3.8) is 0 Å². The standard InChI is InChI=1S/C49H32N2/c1-2-51-44-25-24-36(29-43(44)50-49(51)33-10-4-3-5-11-33)34-15-6-16-35(26-34)38-27-37-23-22-32-13-8-18-40-39-17-7-12-30-20-21-31-14-9-19-41(47(31)45(30)39)42(28-38)48(37)46(32)40/h3-29H,2H2,1H3. The molecule has 0 saturated carbocycles. The smallest absolute Gasteiger partial charge is 0.141 e. The first kappa shape index (κ1) is 28.3. The Balaban J connectivity index is 1.16. The molecule has 10 aromatic carbocycles. The highest BCUT2D eigenvalue weighted by molar-refractivity contribution is 6.37. The summed E-state index contributed by atoms with van der Waals surface area (Å²) in [5.41, 5.74) is 8.10. The van der Waals surface area contributed by atoms with Crippen LogP contribution in [0.1, 0.15) is 6.92 Å². The second-order valence-electron chi connectivity index (χ2n) is 13.8. The summed E-state index contributed by atoms with van der Waals surface area (Å²) < 4.78 is 2.31. The van der Waals surface area contributed by atoms with Crippen molar-refractivity contribution in [2.75, 3.05) is 0 Å². The fourth-order valence-electron chi connectivity index (χ4n) is 8.77. The quantitative estimate of drug-likeness (QED) is 0.174. The molecule has 0 bridgehead atoms. The van der Waals surface area contributed by atoms with E-state index < -0.39 is 0 Å². The molecule has 0 aliphatic heterocycles. The normalized spacial score (nSPS) is 12.1. The molecule has 0 radical (unpaired) electrons. The number of benzene rings is 9. The second kappa shape index (κ2) is 10.7. The lowest BCUT2D eigenvalue weighted by Crippen LogP contribution is -1.97. The zero-order valence-electron chi connectivity index (χ0n) is 28.2. The van der Waals surface area contributed by atoms with Gasteiger partial charge in [-0.05, 0) is 124 Å². The van der Waals surface area contributed by atoms with E-state index in [0.29, 0.717) is 0 Å². The molecule has 2 nitrogen and oxygen atoms in total.